The van der Waals surface area contributed by atoms with Crippen molar-refractivity contribution in [3.8, 4) is 11.3 Å². The average Bonchev–Trinajstić information content (AvgIpc) is 3.55. The highest BCUT2D eigenvalue weighted by atomic mass is 19.3. The van der Waals surface area contributed by atoms with Gasteiger partial charge in [-0.25, -0.2) is 14.8 Å². The molecule has 12 nitrogen and oxygen atoms in total. The standard InChI is InChI=1S/C25H22F2N8O4/c1-14-9-15(10-28-21(14)25(2,26)27)17-5-4-6-18(30-17)31-19(36)12-34-13-29-22-20(34)23(37)35(24(38)33(22)3)11-16-7-8-39-32-16/h4-10,13H,11-12H2,1-3H3,(H,30,31,36). The molecule has 1 N–H and O–H groups in total. The highest BCUT2D eigenvalue weighted by Gasteiger charge is 2.28. The van der Waals surface area contributed by atoms with Crippen LogP contribution in [-0.4, -0.2) is 39.7 Å². The number of pyridine rings is 2. The third-order valence-electron chi connectivity index (χ3n) is 6.03. The second-order valence-corrected chi connectivity index (χ2v) is 9.00. The molecule has 0 aliphatic rings. The van der Waals surface area contributed by atoms with Gasteiger partial charge in [-0.05, 0) is 30.7 Å². The van der Waals surface area contributed by atoms with Gasteiger partial charge in [0.2, 0.25) is 5.91 Å². The van der Waals surface area contributed by atoms with Crippen LogP contribution in [0.3, 0.4) is 0 Å². The number of rotatable bonds is 7. The van der Waals surface area contributed by atoms with Crippen LogP contribution in [0.4, 0.5) is 14.6 Å². The van der Waals surface area contributed by atoms with Gasteiger partial charge < -0.3 is 14.4 Å². The molecule has 0 bridgehead atoms. The Morgan fingerprint density at radius 2 is 1.97 bits per heavy atom. The zero-order valence-electron chi connectivity index (χ0n) is 21.1. The van der Waals surface area contributed by atoms with Crippen LogP contribution >= 0.6 is 0 Å². The first-order valence-corrected chi connectivity index (χ1v) is 11.7. The summed E-state index contributed by atoms with van der Waals surface area (Å²) in [5.41, 5.74) is 0.265. The van der Waals surface area contributed by atoms with E-state index in [4.69, 9.17) is 4.52 Å². The first kappa shape index (κ1) is 25.6. The molecule has 0 unspecified atom stereocenters. The normalized spacial score (nSPS) is 11.7. The fourth-order valence-corrected chi connectivity index (χ4v) is 4.24. The van der Waals surface area contributed by atoms with E-state index in [-0.39, 0.29) is 35.8 Å². The van der Waals surface area contributed by atoms with E-state index in [1.54, 1.807) is 31.2 Å². The molecule has 0 aliphatic carbocycles. The molecule has 0 atom stereocenters. The number of aryl methyl sites for hydroxylation is 2. The van der Waals surface area contributed by atoms with E-state index in [0.29, 0.717) is 22.5 Å². The number of hydrogen-bond donors (Lipinski definition) is 1. The number of nitrogens with one attached hydrogen (secondary N) is 1. The lowest BCUT2D eigenvalue weighted by atomic mass is 10.1. The van der Waals surface area contributed by atoms with E-state index >= 15 is 0 Å². The van der Waals surface area contributed by atoms with E-state index in [0.717, 1.165) is 11.5 Å². The minimum atomic E-state index is -3.07. The number of halogens is 2. The first-order valence-electron chi connectivity index (χ1n) is 11.7. The number of imidazole rings is 1. The molecule has 0 fully saturated rings. The van der Waals surface area contributed by atoms with Crippen LogP contribution in [0.2, 0.25) is 0 Å². The van der Waals surface area contributed by atoms with Crippen molar-refractivity contribution in [3.05, 3.63) is 86.9 Å². The molecule has 14 heteroatoms. The van der Waals surface area contributed by atoms with E-state index in [2.05, 4.69) is 25.4 Å². The smallest absolute Gasteiger partial charge is 0.332 e. The second kappa shape index (κ2) is 9.70. The van der Waals surface area contributed by atoms with Crippen molar-refractivity contribution in [2.75, 3.05) is 5.32 Å². The maximum Gasteiger partial charge on any atom is 0.332 e. The van der Waals surface area contributed by atoms with Crippen LogP contribution in [0.1, 0.15) is 23.9 Å². The maximum atomic E-state index is 13.7. The summed E-state index contributed by atoms with van der Waals surface area (Å²) in [4.78, 5) is 51.3. The number of carbonyl (C=O) groups is 1. The Bertz CT molecular complexity index is 1820. The molecule has 0 radical (unpaired) electrons. The molecule has 200 valence electrons. The molecule has 0 saturated carbocycles. The van der Waals surface area contributed by atoms with Crippen LogP contribution in [0.25, 0.3) is 22.4 Å². The molecule has 5 aromatic heterocycles. The Hall–Kier alpha value is -5.01. The lowest BCUT2D eigenvalue weighted by molar-refractivity contribution is -0.116. The molecule has 5 heterocycles. The lowest BCUT2D eigenvalue weighted by Crippen LogP contribution is -2.40. The number of alkyl halides is 2. The summed E-state index contributed by atoms with van der Waals surface area (Å²) >= 11 is 0. The molecule has 5 rings (SSSR count). The summed E-state index contributed by atoms with van der Waals surface area (Å²) < 4.78 is 35.7. The molecule has 0 spiro atoms. The summed E-state index contributed by atoms with van der Waals surface area (Å²) in [7, 11) is 1.47. The molecule has 0 aliphatic heterocycles. The van der Waals surface area contributed by atoms with Crippen molar-refractivity contribution in [1.82, 2.24) is 33.8 Å². The maximum absolute atomic E-state index is 13.7. The Morgan fingerprint density at radius 1 is 1.18 bits per heavy atom. The summed E-state index contributed by atoms with van der Waals surface area (Å²) in [6.07, 6.45) is 3.94. The second-order valence-electron chi connectivity index (χ2n) is 9.00. The van der Waals surface area contributed by atoms with Crippen LogP contribution in [-0.2, 0) is 30.9 Å². The molecule has 1 amide bonds. The molecule has 0 saturated heterocycles. The monoisotopic (exact) mass is 536 g/mol. The number of aromatic nitrogens is 7. The number of carbonyl (C=O) groups excluding carboxylic acids is 1. The predicted octanol–water partition coefficient (Wildman–Crippen LogP) is 2.45. The van der Waals surface area contributed by atoms with Crippen molar-refractivity contribution < 1.29 is 18.1 Å². The summed E-state index contributed by atoms with van der Waals surface area (Å²) in [5.74, 6) is -3.37. The molecule has 0 aromatic carbocycles. The van der Waals surface area contributed by atoms with Crippen LogP contribution in [0.5, 0.6) is 0 Å². The van der Waals surface area contributed by atoms with Gasteiger partial charge in [-0.1, -0.05) is 11.2 Å². The van der Waals surface area contributed by atoms with Gasteiger partial charge in [-0.3, -0.25) is 23.7 Å². The van der Waals surface area contributed by atoms with Gasteiger partial charge in [0.05, 0.1) is 18.6 Å². The average molecular weight is 536 g/mol. The molecular formula is C25H22F2N8O4. The largest absolute Gasteiger partial charge is 0.364 e. The van der Waals surface area contributed by atoms with Gasteiger partial charge in [0.1, 0.15) is 30.0 Å². The Kier molecular flexibility index (Phi) is 6.38. The topological polar surface area (TPSA) is 143 Å². The van der Waals surface area contributed by atoms with E-state index in [1.807, 2.05) is 0 Å². The first-order chi connectivity index (χ1) is 18.5. The van der Waals surface area contributed by atoms with Gasteiger partial charge in [0.25, 0.3) is 11.5 Å². The van der Waals surface area contributed by atoms with Crippen LogP contribution < -0.4 is 16.6 Å². The highest BCUT2D eigenvalue weighted by Crippen LogP contribution is 2.30. The summed E-state index contributed by atoms with van der Waals surface area (Å²) in [6, 6.07) is 7.97. The fourth-order valence-electron chi connectivity index (χ4n) is 4.24. The van der Waals surface area contributed by atoms with Gasteiger partial charge in [-0.15, -0.1) is 0 Å². The van der Waals surface area contributed by atoms with Gasteiger partial charge in [0, 0.05) is 31.8 Å². The van der Waals surface area contributed by atoms with Crippen molar-refractivity contribution in [2.24, 2.45) is 7.05 Å². The number of anilines is 1. The van der Waals surface area contributed by atoms with Gasteiger partial charge in [0.15, 0.2) is 11.2 Å². The third-order valence-corrected chi connectivity index (χ3v) is 6.03. The third kappa shape index (κ3) is 4.95. The van der Waals surface area contributed by atoms with Crippen molar-refractivity contribution >= 4 is 22.9 Å². The van der Waals surface area contributed by atoms with Gasteiger partial charge >= 0.3 is 5.69 Å². The summed E-state index contributed by atoms with van der Waals surface area (Å²) in [6.45, 7) is 1.92. The van der Waals surface area contributed by atoms with Crippen molar-refractivity contribution in [3.63, 3.8) is 0 Å². The fraction of sp³-hybridized carbons (Fsp3) is 0.240. The minimum absolute atomic E-state index is 0.0619. The van der Waals surface area contributed by atoms with Gasteiger partial charge in [-0.2, -0.15) is 8.78 Å². The zero-order chi connectivity index (χ0) is 27.9. The Morgan fingerprint density at radius 3 is 2.67 bits per heavy atom. The van der Waals surface area contributed by atoms with Crippen LogP contribution in [0.15, 0.2) is 63.2 Å². The van der Waals surface area contributed by atoms with E-state index < -0.39 is 23.1 Å². The van der Waals surface area contributed by atoms with E-state index in [1.165, 1.54) is 41.0 Å². The number of fused-ring (bicyclic) bond motifs is 1. The van der Waals surface area contributed by atoms with E-state index in [9.17, 15) is 23.2 Å². The zero-order valence-corrected chi connectivity index (χ0v) is 21.1. The molecule has 39 heavy (non-hydrogen) atoms. The number of amides is 1. The summed E-state index contributed by atoms with van der Waals surface area (Å²) in [5, 5.41) is 6.41. The number of nitrogens with zero attached hydrogens (tertiary/aromatic N) is 7. The van der Waals surface area contributed by atoms with Crippen LogP contribution in [0, 0.1) is 6.92 Å². The Balaban J connectivity index is 1.40. The molecular weight excluding hydrogens is 514 g/mol. The van der Waals surface area contributed by atoms with Crippen molar-refractivity contribution in [1.29, 1.82) is 0 Å². The molecule has 5 aromatic rings. The van der Waals surface area contributed by atoms with Crippen molar-refractivity contribution in [2.45, 2.75) is 32.9 Å². The highest BCUT2D eigenvalue weighted by molar-refractivity contribution is 5.90. The SMILES string of the molecule is Cc1cc(-c2cccc(NC(=O)Cn3cnc4c3c(=O)n(Cc3ccon3)c(=O)n4C)n2)cnc1C(C)(F)F. The quantitative estimate of drug-likeness (QED) is 0.334. The minimum Gasteiger partial charge on any atom is -0.364 e. The number of hydrogen-bond acceptors (Lipinski definition) is 8. The lowest BCUT2D eigenvalue weighted by Gasteiger charge is -2.13. The predicted molar refractivity (Wildman–Crippen MR) is 135 cm³/mol. The Labute approximate surface area is 218 Å².